The molecule has 0 aliphatic carbocycles. The number of hydrogen-bond acceptors (Lipinski definition) is 6. The number of nitrogens with zero attached hydrogens (tertiary/aromatic N) is 3. The van der Waals surface area contributed by atoms with Crippen LogP contribution in [0, 0.1) is 5.92 Å². The van der Waals surface area contributed by atoms with Gasteiger partial charge in [-0.3, -0.25) is 19.3 Å². The smallest absolute Gasteiger partial charge is 0.338 e. The standard InChI is InChI=1S/C23H31N3O5/c1-5-24-10-12-25(13-11-24)20(27)16(4)31-23(30)17-6-7-18-19(14-17)22(29)26(21(18)28)9-8-15(2)3/h6-7,14-16H,5,8-13H2,1-4H3. The summed E-state index contributed by atoms with van der Waals surface area (Å²) in [5, 5.41) is 0. The van der Waals surface area contributed by atoms with Gasteiger partial charge >= 0.3 is 5.97 Å². The summed E-state index contributed by atoms with van der Waals surface area (Å²) < 4.78 is 5.38. The zero-order valence-corrected chi connectivity index (χ0v) is 18.7. The topological polar surface area (TPSA) is 87.2 Å². The van der Waals surface area contributed by atoms with E-state index in [9.17, 15) is 19.2 Å². The number of ether oxygens (including phenoxy) is 1. The van der Waals surface area contributed by atoms with Gasteiger partial charge in [0.25, 0.3) is 17.7 Å². The molecule has 0 N–H and O–H groups in total. The molecule has 1 unspecified atom stereocenters. The van der Waals surface area contributed by atoms with E-state index < -0.39 is 18.0 Å². The molecule has 8 heteroatoms. The molecule has 31 heavy (non-hydrogen) atoms. The van der Waals surface area contributed by atoms with Crippen LogP contribution in [0.15, 0.2) is 18.2 Å². The first kappa shape index (κ1) is 22.9. The number of benzene rings is 1. The summed E-state index contributed by atoms with van der Waals surface area (Å²) in [5.41, 5.74) is 0.655. The summed E-state index contributed by atoms with van der Waals surface area (Å²) in [6.07, 6.45) is -0.208. The quantitative estimate of drug-likeness (QED) is 0.487. The number of piperazine rings is 1. The Morgan fingerprint density at radius 1 is 1.00 bits per heavy atom. The third-order valence-electron chi connectivity index (χ3n) is 5.90. The maximum absolute atomic E-state index is 12.7. The average molecular weight is 430 g/mol. The third kappa shape index (κ3) is 4.95. The number of imide groups is 1. The van der Waals surface area contributed by atoms with Gasteiger partial charge in [0, 0.05) is 32.7 Å². The normalized spacial score (nSPS) is 17.8. The molecule has 0 saturated carbocycles. The maximum Gasteiger partial charge on any atom is 0.338 e. The van der Waals surface area contributed by atoms with E-state index in [2.05, 4.69) is 11.8 Å². The zero-order chi connectivity index (χ0) is 22.7. The van der Waals surface area contributed by atoms with Crippen molar-refractivity contribution in [3.8, 4) is 0 Å². The van der Waals surface area contributed by atoms with Crippen molar-refractivity contribution >= 4 is 23.7 Å². The highest BCUT2D eigenvalue weighted by Crippen LogP contribution is 2.25. The van der Waals surface area contributed by atoms with E-state index in [0.717, 1.165) is 19.6 Å². The summed E-state index contributed by atoms with van der Waals surface area (Å²) in [7, 11) is 0. The van der Waals surface area contributed by atoms with Crippen molar-refractivity contribution in [2.75, 3.05) is 39.3 Å². The number of esters is 1. The van der Waals surface area contributed by atoms with Gasteiger partial charge in [-0.1, -0.05) is 20.8 Å². The van der Waals surface area contributed by atoms with Crippen LogP contribution in [0.25, 0.3) is 0 Å². The minimum atomic E-state index is -0.922. The van der Waals surface area contributed by atoms with E-state index in [0.29, 0.717) is 37.5 Å². The van der Waals surface area contributed by atoms with Crippen LogP contribution in [0.5, 0.6) is 0 Å². The fraction of sp³-hybridized carbons (Fsp3) is 0.565. The van der Waals surface area contributed by atoms with E-state index in [1.807, 2.05) is 13.8 Å². The zero-order valence-electron chi connectivity index (χ0n) is 18.7. The lowest BCUT2D eigenvalue weighted by atomic mass is 10.1. The third-order valence-corrected chi connectivity index (χ3v) is 5.90. The second-order valence-corrected chi connectivity index (χ2v) is 8.51. The molecular weight excluding hydrogens is 398 g/mol. The molecule has 3 rings (SSSR count). The number of rotatable bonds is 7. The molecule has 168 valence electrons. The molecule has 2 heterocycles. The summed E-state index contributed by atoms with van der Waals surface area (Å²) in [4.78, 5) is 55.6. The SMILES string of the molecule is CCN1CCN(C(=O)C(C)OC(=O)c2ccc3c(c2)C(=O)N(CCC(C)C)C3=O)CC1. The van der Waals surface area contributed by atoms with Crippen molar-refractivity contribution in [1.29, 1.82) is 0 Å². The number of amides is 3. The summed E-state index contributed by atoms with van der Waals surface area (Å²) in [6, 6.07) is 4.35. The molecule has 0 spiro atoms. The molecule has 3 amide bonds. The molecule has 1 fully saturated rings. The molecule has 2 aliphatic heterocycles. The first-order valence-corrected chi connectivity index (χ1v) is 10.9. The van der Waals surface area contributed by atoms with E-state index in [4.69, 9.17) is 4.74 Å². The van der Waals surface area contributed by atoms with Crippen LogP contribution < -0.4 is 0 Å². The fourth-order valence-electron chi connectivity index (χ4n) is 3.83. The monoisotopic (exact) mass is 429 g/mol. The summed E-state index contributed by atoms with van der Waals surface area (Å²) in [6.45, 7) is 11.8. The van der Waals surface area contributed by atoms with Crippen LogP contribution in [0.4, 0.5) is 0 Å². The lowest BCUT2D eigenvalue weighted by Crippen LogP contribution is -2.51. The van der Waals surface area contributed by atoms with Crippen LogP contribution in [-0.4, -0.2) is 83.8 Å². The van der Waals surface area contributed by atoms with Gasteiger partial charge in [-0.15, -0.1) is 0 Å². The van der Waals surface area contributed by atoms with Gasteiger partial charge in [-0.2, -0.15) is 0 Å². The Labute approximate surface area is 183 Å². The van der Waals surface area contributed by atoms with Crippen molar-refractivity contribution in [1.82, 2.24) is 14.7 Å². The van der Waals surface area contributed by atoms with Crippen molar-refractivity contribution in [2.24, 2.45) is 5.92 Å². The van der Waals surface area contributed by atoms with Crippen LogP contribution in [0.1, 0.15) is 65.2 Å². The Morgan fingerprint density at radius 3 is 2.26 bits per heavy atom. The van der Waals surface area contributed by atoms with Gasteiger partial charge in [-0.05, 0) is 44.0 Å². The number of hydrogen-bond donors (Lipinski definition) is 0. The molecule has 1 aromatic rings. The highest BCUT2D eigenvalue weighted by atomic mass is 16.5. The van der Waals surface area contributed by atoms with Gasteiger partial charge in [0.05, 0.1) is 16.7 Å². The number of likely N-dealkylation sites (N-methyl/N-ethyl adjacent to an activating group) is 1. The summed E-state index contributed by atoms with van der Waals surface area (Å²) >= 11 is 0. The van der Waals surface area contributed by atoms with Crippen molar-refractivity contribution in [3.63, 3.8) is 0 Å². The lowest BCUT2D eigenvalue weighted by molar-refractivity contribution is -0.141. The van der Waals surface area contributed by atoms with Gasteiger partial charge in [0.15, 0.2) is 6.10 Å². The Morgan fingerprint density at radius 2 is 1.65 bits per heavy atom. The van der Waals surface area contributed by atoms with Crippen LogP contribution in [0.3, 0.4) is 0 Å². The van der Waals surface area contributed by atoms with Crippen LogP contribution >= 0.6 is 0 Å². The van der Waals surface area contributed by atoms with Gasteiger partial charge in [-0.25, -0.2) is 4.79 Å². The average Bonchev–Trinajstić information content (AvgIpc) is 3.00. The van der Waals surface area contributed by atoms with E-state index in [1.165, 1.54) is 23.1 Å². The molecule has 0 aromatic heterocycles. The molecule has 1 atom stereocenters. The Balaban J connectivity index is 1.64. The molecule has 1 aromatic carbocycles. The first-order valence-electron chi connectivity index (χ1n) is 10.9. The van der Waals surface area contributed by atoms with Crippen molar-refractivity contribution in [3.05, 3.63) is 34.9 Å². The number of fused-ring (bicyclic) bond motifs is 1. The minimum Gasteiger partial charge on any atom is -0.449 e. The lowest BCUT2D eigenvalue weighted by Gasteiger charge is -2.35. The molecule has 2 aliphatic rings. The van der Waals surface area contributed by atoms with Gasteiger partial charge < -0.3 is 14.5 Å². The number of carbonyl (C=O) groups is 4. The predicted molar refractivity (Wildman–Crippen MR) is 115 cm³/mol. The molecular formula is C23H31N3O5. The molecule has 0 bridgehead atoms. The van der Waals surface area contributed by atoms with Gasteiger partial charge in [0.1, 0.15) is 0 Å². The molecule has 8 nitrogen and oxygen atoms in total. The fourth-order valence-corrected chi connectivity index (χ4v) is 3.83. The Kier molecular flexibility index (Phi) is 7.10. The van der Waals surface area contributed by atoms with Crippen molar-refractivity contribution in [2.45, 2.75) is 40.2 Å². The highest BCUT2D eigenvalue weighted by molar-refractivity contribution is 6.22. The highest BCUT2D eigenvalue weighted by Gasteiger charge is 2.36. The maximum atomic E-state index is 12.7. The van der Waals surface area contributed by atoms with E-state index in [-0.39, 0.29) is 22.9 Å². The van der Waals surface area contributed by atoms with Crippen molar-refractivity contribution < 1.29 is 23.9 Å². The predicted octanol–water partition coefficient (Wildman–Crippen LogP) is 2.04. The Hall–Kier alpha value is -2.74. The Bertz CT molecular complexity index is 874. The minimum absolute atomic E-state index is 0.154. The molecule has 0 radical (unpaired) electrons. The second kappa shape index (κ2) is 9.60. The first-order chi connectivity index (χ1) is 14.7. The van der Waals surface area contributed by atoms with E-state index >= 15 is 0 Å². The summed E-state index contributed by atoms with van der Waals surface area (Å²) in [5.74, 6) is -1.28. The second-order valence-electron chi connectivity index (χ2n) is 8.51. The molecule has 1 saturated heterocycles. The van der Waals surface area contributed by atoms with Crippen LogP contribution in [-0.2, 0) is 9.53 Å². The van der Waals surface area contributed by atoms with Crippen LogP contribution in [0.2, 0.25) is 0 Å². The largest absolute Gasteiger partial charge is 0.449 e. The van der Waals surface area contributed by atoms with E-state index in [1.54, 1.807) is 11.8 Å². The number of carbonyl (C=O) groups excluding carboxylic acids is 4. The van der Waals surface area contributed by atoms with Gasteiger partial charge in [0.2, 0.25) is 0 Å².